The van der Waals surface area contributed by atoms with E-state index in [1.54, 1.807) is 35.7 Å². The van der Waals surface area contributed by atoms with Crippen molar-refractivity contribution in [2.45, 2.75) is 43.2 Å². The van der Waals surface area contributed by atoms with Gasteiger partial charge in [0.2, 0.25) is 10.0 Å². The lowest BCUT2D eigenvalue weighted by atomic mass is 10.1. The Balaban J connectivity index is 1.67. The lowest BCUT2D eigenvalue weighted by molar-refractivity contribution is 0.309. The van der Waals surface area contributed by atoms with Crippen molar-refractivity contribution in [3.05, 3.63) is 60.4 Å². The summed E-state index contributed by atoms with van der Waals surface area (Å²) >= 11 is 0. The molecule has 1 fully saturated rings. The molecule has 29 heavy (non-hydrogen) atoms. The van der Waals surface area contributed by atoms with Gasteiger partial charge in [-0.2, -0.15) is 4.31 Å². The summed E-state index contributed by atoms with van der Waals surface area (Å²) in [4.78, 5) is 0.260. The highest BCUT2D eigenvalue weighted by Gasteiger charge is 2.34. The molecule has 0 amide bonds. The number of para-hydroxylation sites is 1. The molecule has 0 N–H and O–H groups in total. The van der Waals surface area contributed by atoms with E-state index in [0.717, 1.165) is 31.2 Å². The summed E-state index contributed by atoms with van der Waals surface area (Å²) in [7, 11) is -2.07. The molecule has 0 aliphatic heterocycles. The van der Waals surface area contributed by atoms with Gasteiger partial charge in [0.05, 0.1) is 17.7 Å². The second-order valence-corrected chi connectivity index (χ2v) is 8.94. The topological polar surface area (TPSA) is 90.2 Å². The second-order valence-electron chi connectivity index (χ2n) is 7.05. The third kappa shape index (κ3) is 4.01. The molecule has 3 aromatic rings. The zero-order valence-electron chi connectivity index (χ0n) is 16.2. The van der Waals surface area contributed by atoms with Gasteiger partial charge in [-0.1, -0.05) is 31.0 Å². The zero-order chi connectivity index (χ0) is 20.3. The van der Waals surface area contributed by atoms with Gasteiger partial charge in [-0.15, -0.1) is 5.10 Å². The average molecular weight is 414 g/mol. The summed E-state index contributed by atoms with van der Waals surface area (Å²) in [6, 6.07) is 14.2. The van der Waals surface area contributed by atoms with E-state index in [0.29, 0.717) is 11.4 Å². The van der Waals surface area contributed by atoms with E-state index in [2.05, 4.69) is 15.5 Å². The predicted octanol–water partition coefficient (Wildman–Crippen LogP) is 2.80. The average Bonchev–Trinajstić information content (AvgIpc) is 3.46. The fraction of sp³-hybridized carbons (Fsp3) is 0.350. The smallest absolute Gasteiger partial charge is 0.243 e. The van der Waals surface area contributed by atoms with Crippen LogP contribution < -0.4 is 4.74 Å². The third-order valence-electron chi connectivity index (χ3n) is 5.31. The Kier molecular flexibility index (Phi) is 5.59. The molecule has 4 rings (SSSR count). The lowest BCUT2D eigenvalue weighted by Crippen LogP contribution is -2.38. The fourth-order valence-corrected chi connectivity index (χ4v) is 5.45. The van der Waals surface area contributed by atoms with Crippen LogP contribution in [0.25, 0.3) is 5.69 Å². The van der Waals surface area contributed by atoms with Crippen molar-refractivity contribution < 1.29 is 13.2 Å². The zero-order valence-corrected chi connectivity index (χ0v) is 17.0. The van der Waals surface area contributed by atoms with Crippen molar-refractivity contribution in [1.82, 2.24) is 24.5 Å². The second kappa shape index (κ2) is 8.30. The number of sulfonamides is 1. The standard InChI is InChI=1S/C20H23N5O3S/c1-28-20-9-5-2-6-16(20)14-25(18-7-3-4-8-18)29(26,27)19-12-10-17(11-13-19)24-15-21-22-23-24/h2,5-6,9-13,15,18H,3-4,7-8,14H2,1H3. The van der Waals surface area contributed by atoms with Crippen LogP contribution in [0.1, 0.15) is 31.2 Å². The Morgan fingerprint density at radius 3 is 2.48 bits per heavy atom. The molecule has 0 saturated heterocycles. The van der Waals surface area contributed by atoms with Crippen LogP contribution in [-0.4, -0.2) is 46.1 Å². The van der Waals surface area contributed by atoms with Gasteiger partial charge in [0.25, 0.3) is 0 Å². The molecular formula is C20H23N5O3S. The van der Waals surface area contributed by atoms with Crippen molar-refractivity contribution in [3.8, 4) is 11.4 Å². The number of tetrazole rings is 1. The molecule has 1 heterocycles. The van der Waals surface area contributed by atoms with Gasteiger partial charge in [0, 0.05) is 18.2 Å². The van der Waals surface area contributed by atoms with Gasteiger partial charge in [-0.25, -0.2) is 13.1 Å². The first-order valence-electron chi connectivity index (χ1n) is 9.57. The maximum absolute atomic E-state index is 13.6. The van der Waals surface area contributed by atoms with Crippen LogP contribution in [-0.2, 0) is 16.6 Å². The molecule has 1 aliphatic carbocycles. The van der Waals surface area contributed by atoms with Crippen LogP contribution in [0.4, 0.5) is 0 Å². The van der Waals surface area contributed by atoms with E-state index in [1.165, 1.54) is 11.0 Å². The molecule has 0 unspecified atom stereocenters. The van der Waals surface area contributed by atoms with Gasteiger partial charge in [0.1, 0.15) is 12.1 Å². The van der Waals surface area contributed by atoms with Gasteiger partial charge >= 0.3 is 0 Å². The predicted molar refractivity (Wildman–Crippen MR) is 107 cm³/mol. The molecule has 1 aliphatic rings. The molecule has 2 aromatic carbocycles. The monoisotopic (exact) mass is 413 g/mol. The summed E-state index contributed by atoms with van der Waals surface area (Å²) in [6.07, 6.45) is 5.30. The SMILES string of the molecule is COc1ccccc1CN(C1CCCC1)S(=O)(=O)c1ccc(-n2cnnn2)cc1. The maximum Gasteiger partial charge on any atom is 0.243 e. The van der Waals surface area contributed by atoms with Gasteiger partial charge in [-0.3, -0.25) is 0 Å². The molecule has 9 heteroatoms. The highest BCUT2D eigenvalue weighted by atomic mass is 32.2. The number of methoxy groups -OCH3 is 1. The Hall–Kier alpha value is -2.78. The van der Waals surface area contributed by atoms with Crippen LogP contribution >= 0.6 is 0 Å². The van der Waals surface area contributed by atoms with Gasteiger partial charge in [0.15, 0.2) is 0 Å². The van der Waals surface area contributed by atoms with Crippen LogP contribution in [0.15, 0.2) is 59.8 Å². The number of hydrogen-bond donors (Lipinski definition) is 0. The minimum Gasteiger partial charge on any atom is -0.496 e. The number of aromatic nitrogens is 4. The molecular weight excluding hydrogens is 390 g/mol. The van der Waals surface area contributed by atoms with Crippen molar-refractivity contribution in [1.29, 1.82) is 0 Å². The molecule has 0 radical (unpaired) electrons. The van der Waals surface area contributed by atoms with E-state index in [4.69, 9.17) is 4.74 Å². The Bertz CT molecular complexity index is 1050. The molecule has 152 valence electrons. The first-order valence-corrected chi connectivity index (χ1v) is 11.0. The largest absolute Gasteiger partial charge is 0.496 e. The van der Waals surface area contributed by atoms with E-state index in [9.17, 15) is 8.42 Å². The van der Waals surface area contributed by atoms with E-state index < -0.39 is 10.0 Å². The lowest BCUT2D eigenvalue weighted by Gasteiger charge is -2.28. The quantitative estimate of drug-likeness (QED) is 0.592. The van der Waals surface area contributed by atoms with Gasteiger partial charge in [-0.05, 0) is 53.6 Å². The summed E-state index contributed by atoms with van der Waals surface area (Å²) in [5.74, 6) is 0.694. The van der Waals surface area contributed by atoms with Gasteiger partial charge < -0.3 is 4.74 Å². The van der Waals surface area contributed by atoms with E-state index in [1.807, 2.05) is 24.3 Å². The van der Waals surface area contributed by atoms with Crippen LogP contribution in [0.3, 0.4) is 0 Å². The van der Waals surface area contributed by atoms with Crippen LogP contribution in [0, 0.1) is 0 Å². The number of nitrogens with zero attached hydrogens (tertiary/aromatic N) is 5. The van der Waals surface area contributed by atoms with Crippen molar-refractivity contribution >= 4 is 10.0 Å². The van der Waals surface area contributed by atoms with E-state index in [-0.39, 0.29) is 17.5 Å². The Labute approximate surface area is 170 Å². The number of benzene rings is 2. The van der Waals surface area contributed by atoms with Crippen molar-refractivity contribution in [3.63, 3.8) is 0 Å². The molecule has 1 saturated carbocycles. The Morgan fingerprint density at radius 2 is 1.83 bits per heavy atom. The fourth-order valence-electron chi connectivity index (χ4n) is 3.79. The molecule has 0 atom stereocenters. The summed E-state index contributed by atoms with van der Waals surface area (Å²) < 4.78 is 35.7. The molecule has 8 nitrogen and oxygen atoms in total. The first-order chi connectivity index (χ1) is 14.1. The van der Waals surface area contributed by atoms with Crippen molar-refractivity contribution in [2.75, 3.05) is 7.11 Å². The summed E-state index contributed by atoms with van der Waals surface area (Å²) in [6.45, 7) is 0.283. The van der Waals surface area contributed by atoms with Crippen LogP contribution in [0.5, 0.6) is 5.75 Å². The summed E-state index contributed by atoms with van der Waals surface area (Å²) in [5.41, 5.74) is 1.56. The molecule has 1 aromatic heterocycles. The highest BCUT2D eigenvalue weighted by molar-refractivity contribution is 7.89. The highest BCUT2D eigenvalue weighted by Crippen LogP contribution is 2.32. The van der Waals surface area contributed by atoms with Crippen LogP contribution in [0.2, 0.25) is 0 Å². The maximum atomic E-state index is 13.6. The molecule has 0 spiro atoms. The number of rotatable bonds is 7. The normalized spacial score (nSPS) is 15.1. The minimum atomic E-state index is -3.68. The number of ether oxygens (including phenoxy) is 1. The number of hydrogen-bond acceptors (Lipinski definition) is 6. The summed E-state index contributed by atoms with van der Waals surface area (Å²) in [5, 5.41) is 11.0. The van der Waals surface area contributed by atoms with E-state index >= 15 is 0 Å². The molecule has 0 bridgehead atoms. The minimum absolute atomic E-state index is 0.0101. The third-order valence-corrected chi connectivity index (χ3v) is 7.22. The van der Waals surface area contributed by atoms with Crippen molar-refractivity contribution in [2.24, 2.45) is 0 Å². The Morgan fingerprint density at radius 1 is 1.10 bits per heavy atom. The first kappa shape index (κ1) is 19.5.